The number of aromatic amines is 1. The van der Waals surface area contributed by atoms with Crippen LogP contribution in [0.15, 0.2) is 12.4 Å². The zero-order chi connectivity index (χ0) is 9.26. The van der Waals surface area contributed by atoms with Crippen LogP contribution < -0.4 is 5.73 Å². The van der Waals surface area contributed by atoms with Crippen LogP contribution in [0.1, 0.15) is 25.2 Å². The zero-order valence-electron chi connectivity index (χ0n) is 7.36. The van der Waals surface area contributed by atoms with Gasteiger partial charge in [-0.15, -0.1) is 0 Å². The van der Waals surface area contributed by atoms with Gasteiger partial charge in [0.25, 0.3) is 0 Å². The molecule has 1 atom stereocenters. The van der Waals surface area contributed by atoms with Gasteiger partial charge in [-0.1, -0.05) is 6.92 Å². The van der Waals surface area contributed by atoms with E-state index < -0.39 is 0 Å². The summed E-state index contributed by atoms with van der Waals surface area (Å²) >= 11 is 0. The molecule has 0 amide bonds. The van der Waals surface area contributed by atoms with E-state index in [1.54, 1.807) is 12.4 Å². The Bertz CT molecular complexity index is 408. The van der Waals surface area contributed by atoms with Gasteiger partial charge in [0, 0.05) is 6.20 Å². The minimum atomic E-state index is -0.0901. The van der Waals surface area contributed by atoms with Crippen molar-refractivity contribution in [2.24, 2.45) is 5.73 Å². The summed E-state index contributed by atoms with van der Waals surface area (Å²) in [5.74, 6) is 0.666. The molecule has 0 saturated carbocycles. The fraction of sp³-hybridized carbons (Fsp3) is 0.375. The maximum atomic E-state index is 5.79. The number of rotatable bonds is 2. The maximum Gasteiger partial charge on any atom is 0.158 e. The van der Waals surface area contributed by atoms with E-state index in [2.05, 4.69) is 20.2 Å². The topological polar surface area (TPSA) is 80.5 Å². The Hall–Kier alpha value is -1.49. The summed E-state index contributed by atoms with van der Waals surface area (Å²) < 4.78 is 0. The van der Waals surface area contributed by atoms with Gasteiger partial charge in [0.05, 0.1) is 17.6 Å². The smallest absolute Gasteiger partial charge is 0.158 e. The fourth-order valence-corrected chi connectivity index (χ4v) is 1.11. The minimum absolute atomic E-state index is 0.0901. The van der Waals surface area contributed by atoms with Crippen molar-refractivity contribution in [2.45, 2.75) is 19.4 Å². The number of nitrogens with two attached hydrogens (primary N) is 1. The second-order valence-electron chi connectivity index (χ2n) is 2.92. The first-order valence-electron chi connectivity index (χ1n) is 4.23. The van der Waals surface area contributed by atoms with Gasteiger partial charge in [-0.3, -0.25) is 5.10 Å². The van der Waals surface area contributed by atoms with E-state index >= 15 is 0 Å². The molecule has 0 aliphatic heterocycles. The van der Waals surface area contributed by atoms with Crippen LogP contribution in [0.3, 0.4) is 0 Å². The first kappa shape index (κ1) is 8.12. The molecule has 0 radical (unpaired) electrons. The lowest BCUT2D eigenvalue weighted by molar-refractivity contribution is 0.652. The van der Waals surface area contributed by atoms with Gasteiger partial charge in [-0.25, -0.2) is 9.97 Å². The molecule has 3 N–H and O–H groups in total. The van der Waals surface area contributed by atoms with Gasteiger partial charge in [0.1, 0.15) is 5.82 Å². The highest BCUT2D eigenvalue weighted by atomic mass is 15.1. The molecule has 2 rings (SSSR count). The third kappa shape index (κ3) is 1.38. The van der Waals surface area contributed by atoms with E-state index in [-0.39, 0.29) is 6.04 Å². The second-order valence-corrected chi connectivity index (χ2v) is 2.92. The first-order chi connectivity index (χ1) is 6.31. The molecule has 0 fully saturated rings. The van der Waals surface area contributed by atoms with Crippen molar-refractivity contribution in [3.63, 3.8) is 0 Å². The molecule has 2 aromatic heterocycles. The molecule has 2 heterocycles. The Balaban J connectivity index is 2.48. The van der Waals surface area contributed by atoms with Crippen molar-refractivity contribution in [3.8, 4) is 0 Å². The average molecular weight is 177 g/mol. The molecule has 5 nitrogen and oxygen atoms in total. The molecular formula is C8H11N5. The van der Waals surface area contributed by atoms with E-state index in [1.807, 2.05) is 6.92 Å². The minimum Gasteiger partial charge on any atom is -0.321 e. The second kappa shape index (κ2) is 3.10. The Labute approximate surface area is 75.4 Å². The lowest BCUT2D eigenvalue weighted by Gasteiger charge is -2.05. The monoisotopic (exact) mass is 177 g/mol. The number of hydrogen-bond acceptors (Lipinski definition) is 4. The van der Waals surface area contributed by atoms with E-state index in [0.29, 0.717) is 5.82 Å². The van der Waals surface area contributed by atoms with Gasteiger partial charge >= 0.3 is 0 Å². The maximum absolute atomic E-state index is 5.79. The molecule has 0 aliphatic rings. The van der Waals surface area contributed by atoms with Crippen LogP contribution in [-0.2, 0) is 0 Å². The van der Waals surface area contributed by atoms with Gasteiger partial charge in [-0.05, 0) is 6.42 Å². The summed E-state index contributed by atoms with van der Waals surface area (Å²) in [6.45, 7) is 2.01. The number of fused-ring (bicyclic) bond motifs is 1. The first-order valence-corrected chi connectivity index (χ1v) is 4.23. The molecule has 5 heteroatoms. The van der Waals surface area contributed by atoms with Crippen molar-refractivity contribution in [2.75, 3.05) is 0 Å². The van der Waals surface area contributed by atoms with Gasteiger partial charge in [0.15, 0.2) is 5.65 Å². The number of aromatic nitrogens is 4. The zero-order valence-corrected chi connectivity index (χ0v) is 7.36. The van der Waals surface area contributed by atoms with Crippen molar-refractivity contribution >= 4 is 11.0 Å². The van der Waals surface area contributed by atoms with Gasteiger partial charge < -0.3 is 5.73 Å². The highest BCUT2D eigenvalue weighted by Crippen LogP contribution is 2.11. The van der Waals surface area contributed by atoms with Crippen LogP contribution in [0.4, 0.5) is 0 Å². The van der Waals surface area contributed by atoms with E-state index in [0.717, 1.165) is 17.5 Å². The third-order valence-electron chi connectivity index (χ3n) is 1.98. The number of nitrogens with one attached hydrogen (secondary N) is 1. The lowest BCUT2D eigenvalue weighted by Crippen LogP contribution is -2.12. The van der Waals surface area contributed by atoms with Crippen molar-refractivity contribution in [1.82, 2.24) is 20.2 Å². The number of hydrogen-bond donors (Lipinski definition) is 2. The van der Waals surface area contributed by atoms with Crippen molar-refractivity contribution in [1.29, 1.82) is 0 Å². The molecule has 0 spiro atoms. The summed E-state index contributed by atoms with van der Waals surface area (Å²) in [6, 6.07) is -0.0901. The van der Waals surface area contributed by atoms with Crippen LogP contribution in [0.2, 0.25) is 0 Å². The molecule has 0 saturated heterocycles. The van der Waals surface area contributed by atoms with Gasteiger partial charge in [0.2, 0.25) is 0 Å². The highest BCUT2D eigenvalue weighted by Gasteiger charge is 2.07. The van der Waals surface area contributed by atoms with Crippen molar-refractivity contribution in [3.05, 3.63) is 18.2 Å². The van der Waals surface area contributed by atoms with Gasteiger partial charge in [-0.2, -0.15) is 5.10 Å². The predicted molar refractivity (Wildman–Crippen MR) is 48.9 cm³/mol. The standard InChI is InChI=1S/C8H11N5/c1-2-6(9)8-10-3-5-4-11-13-7(5)12-8/h3-4,6H,2,9H2,1H3,(H,10,11,12,13). The predicted octanol–water partition coefficient (Wildman–Crippen LogP) is 0.763. The van der Waals surface area contributed by atoms with E-state index in [9.17, 15) is 0 Å². The SMILES string of the molecule is CCC(N)c1ncc2cn[nH]c2n1. The summed E-state index contributed by atoms with van der Waals surface area (Å²) in [5, 5.41) is 7.55. The molecule has 0 aliphatic carbocycles. The number of H-pyrrole nitrogens is 1. The summed E-state index contributed by atoms with van der Waals surface area (Å²) in [6.07, 6.45) is 4.26. The molecule has 0 bridgehead atoms. The summed E-state index contributed by atoms with van der Waals surface area (Å²) in [4.78, 5) is 8.41. The Morgan fingerprint density at radius 3 is 3.15 bits per heavy atom. The van der Waals surface area contributed by atoms with Crippen LogP contribution in [0.5, 0.6) is 0 Å². The molecule has 68 valence electrons. The van der Waals surface area contributed by atoms with Crippen molar-refractivity contribution < 1.29 is 0 Å². The quantitative estimate of drug-likeness (QED) is 0.709. The molecule has 13 heavy (non-hydrogen) atoms. The normalized spacial score (nSPS) is 13.4. The van der Waals surface area contributed by atoms with Crippen LogP contribution in [0, 0.1) is 0 Å². The lowest BCUT2D eigenvalue weighted by atomic mass is 10.2. The third-order valence-corrected chi connectivity index (χ3v) is 1.98. The number of nitrogens with zero attached hydrogens (tertiary/aromatic N) is 3. The Kier molecular flexibility index (Phi) is 1.94. The molecule has 2 aromatic rings. The van der Waals surface area contributed by atoms with Crippen LogP contribution in [-0.4, -0.2) is 20.2 Å². The average Bonchev–Trinajstić information content (AvgIpc) is 2.63. The molecule has 0 aromatic carbocycles. The van der Waals surface area contributed by atoms with E-state index in [1.165, 1.54) is 0 Å². The van der Waals surface area contributed by atoms with E-state index in [4.69, 9.17) is 5.73 Å². The molecule has 1 unspecified atom stereocenters. The van der Waals surface area contributed by atoms with Crippen LogP contribution >= 0.6 is 0 Å². The molecular weight excluding hydrogens is 166 g/mol. The Morgan fingerprint density at radius 2 is 2.38 bits per heavy atom. The highest BCUT2D eigenvalue weighted by molar-refractivity contribution is 5.72. The Morgan fingerprint density at radius 1 is 1.54 bits per heavy atom. The summed E-state index contributed by atoms with van der Waals surface area (Å²) in [5.41, 5.74) is 6.54. The van der Waals surface area contributed by atoms with Crippen LogP contribution in [0.25, 0.3) is 11.0 Å². The largest absolute Gasteiger partial charge is 0.321 e. The summed E-state index contributed by atoms with van der Waals surface area (Å²) in [7, 11) is 0. The fourth-order valence-electron chi connectivity index (χ4n) is 1.11.